The topological polar surface area (TPSA) is 64.0 Å². The zero-order valence-electron chi connectivity index (χ0n) is 11.7. The molecule has 1 N–H and O–H groups in total. The molecule has 2 aromatic rings. The molecule has 1 heterocycles. The largest absolute Gasteiger partial charge is 0.355 e. The molecule has 106 valence electrons. The van der Waals surface area contributed by atoms with E-state index in [1.54, 1.807) is 26.1 Å². The van der Waals surface area contributed by atoms with E-state index < -0.39 is 0 Å². The van der Waals surface area contributed by atoms with Crippen molar-refractivity contribution in [1.29, 1.82) is 0 Å². The molecule has 0 bridgehead atoms. The Bertz CT molecular complexity index is 696. The molecular formula is C14H17N3O2S. The Labute approximate surface area is 121 Å². The highest BCUT2D eigenvalue weighted by Gasteiger charge is 2.17. The minimum atomic E-state index is -0.297. The Morgan fingerprint density at radius 2 is 2.15 bits per heavy atom. The number of hydrogen-bond donors (Lipinski definition) is 1. The van der Waals surface area contributed by atoms with Gasteiger partial charge in [0.25, 0.3) is 5.56 Å². The van der Waals surface area contributed by atoms with Crippen molar-refractivity contribution in [3.8, 4) is 0 Å². The molecule has 1 amide bonds. The molecule has 0 saturated heterocycles. The second kappa shape index (κ2) is 6.09. The Morgan fingerprint density at radius 3 is 2.85 bits per heavy atom. The van der Waals surface area contributed by atoms with Gasteiger partial charge in [-0.3, -0.25) is 14.2 Å². The van der Waals surface area contributed by atoms with E-state index in [1.807, 2.05) is 19.1 Å². The molecule has 1 aromatic carbocycles. The number of benzene rings is 1. The summed E-state index contributed by atoms with van der Waals surface area (Å²) < 4.78 is 1.49. The van der Waals surface area contributed by atoms with Gasteiger partial charge in [-0.05, 0) is 26.0 Å². The van der Waals surface area contributed by atoms with Gasteiger partial charge in [0.15, 0.2) is 5.16 Å². The first kappa shape index (κ1) is 14.6. The summed E-state index contributed by atoms with van der Waals surface area (Å²) in [6.45, 7) is 4.27. The average Bonchev–Trinajstić information content (AvgIpc) is 2.44. The molecule has 0 fully saturated rings. The summed E-state index contributed by atoms with van der Waals surface area (Å²) >= 11 is 1.29. The number of thioether (sulfide) groups is 1. The molecule has 6 heteroatoms. The van der Waals surface area contributed by atoms with Gasteiger partial charge >= 0.3 is 0 Å². The van der Waals surface area contributed by atoms with Gasteiger partial charge in [-0.25, -0.2) is 4.98 Å². The van der Waals surface area contributed by atoms with E-state index in [4.69, 9.17) is 0 Å². The number of para-hydroxylation sites is 1. The minimum Gasteiger partial charge on any atom is -0.355 e. The number of hydrogen-bond acceptors (Lipinski definition) is 4. The van der Waals surface area contributed by atoms with Gasteiger partial charge in [-0.15, -0.1) is 0 Å². The summed E-state index contributed by atoms with van der Waals surface area (Å²) in [5.41, 5.74) is 0.558. The molecule has 1 aromatic heterocycles. The van der Waals surface area contributed by atoms with Gasteiger partial charge in [0.1, 0.15) is 0 Å². The molecule has 0 spiro atoms. The molecule has 0 aliphatic heterocycles. The lowest BCUT2D eigenvalue weighted by molar-refractivity contribution is -0.120. The Balaban J connectivity index is 2.38. The number of amides is 1. The van der Waals surface area contributed by atoms with Crippen LogP contribution >= 0.6 is 11.8 Å². The fourth-order valence-electron chi connectivity index (χ4n) is 1.83. The number of nitrogens with one attached hydrogen (secondary N) is 1. The van der Waals surface area contributed by atoms with E-state index in [-0.39, 0.29) is 16.7 Å². The van der Waals surface area contributed by atoms with Gasteiger partial charge in [-0.1, -0.05) is 23.9 Å². The molecule has 0 aliphatic rings. The first-order valence-electron chi connectivity index (χ1n) is 6.44. The fraction of sp³-hybridized carbons (Fsp3) is 0.357. The second-order valence-electron chi connectivity index (χ2n) is 4.43. The first-order chi connectivity index (χ1) is 9.54. The van der Waals surface area contributed by atoms with Gasteiger partial charge in [-0.2, -0.15) is 0 Å². The van der Waals surface area contributed by atoms with Crippen molar-refractivity contribution in [2.24, 2.45) is 7.05 Å². The van der Waals surface area contributed by atoms with Gasteiger partial charge in [0.05, 0.1) is 16.2 Å². The van der Waals surface area contributed by atoms with Crippen LogP contribution in [0.3, 0.4) is 0 Å². The van der Waals surface area contributed by atoms with Crippen molar-refractivity contribution >= 4 is 28.6 Å². The van der Waals surface area contributed by atoms with Crippen molar-refractivity contribution in [1.82, 2.24) is 14.9 Å². The third-order valence-electron chi connectivity index (χ3n) is 2.94. The number of carbonyl (C=O) groups excluding carboxylic acids is 1. The maximum Gasteiger partial charge on any atom is 0.261 e. The summed E-state index contributed by atoms with van der Waals surface area (Å²) in [4.78, 5) is 28.5. The van der Waals surface area contributed by atoms with Crippen molar-refractivity contribution in [3.05, 3.63) is 34.6 Å². The molecule has 0 aliphatic carbocycles. The number of aromatic nitrogens is 2. The molecule has 5 nitrogen and oxygen atoms in total. The highest BCUT2D eigenvalue weighted by atomic mass is 32.2. The van der Waals surface area contributed by atoms with Crippen molar-refractivity contribution < 1.29 is 4.79 Å². The number of fused-ring (bicyclic) bond motifs is 1. The molecular weight excluding hydrogens is 274 g/mol. The molecule has 0 saturated carbocycles. The van der Waals surface area contributed by atoms with Crippen LogP contribution in [0.5, 0.6) is 0 Å². The Morgan fingerprint density at radius 1 is 1.45 bits per heavy atom. The quantitative estimate of drug-likeness (QED) is 0.686. The standard InChI is InChI=1S/C14H17N3O2S/c1-4-15-12(18)9(2)20-14-16-11-8-6-5-7-10(11)13(19)17(14)3/h5-9H,4H2,1-3H3,(H,15,18). The van der Waals surface area contributed by atoms with Crippen LogP contribution in [-0.4, -0.2) is 27.3 Å². The highest BCUT2D eigenvalue weighted by molar-refractivity contribution is 8.00. The minimum absolute atomic E-state index is 0.0556. The lowest BCUT2D eigenvalue weighted by atomic mass is 10.2. The normalized spacial score (nSPS) is 12.3. The number of carbonyl (C=O) groups is 1. The van der Waals surface area contributed by atoms with Crippen LogP contribution in [-0.2, 0) is 11.8 Å². The SMILES string of the molecule is CCNC(=O)C(C)Sc1nc2ccccc2c(=O)n1C. The zero-order chi connectivity index (χ0) is 14.7. The first-order valence-corrected chi connectivity index (χ1v) is 7.32. The summed E-state index contributed by atoms with van der Waals surface area (Å²) in [6.07, 6.45) is 0. The van der Waals surface area contributed by atoms with Crippen molar-refractivity contribution in [3.63, 3.8) is 0 Å². The number of nitrogens with zero attached hydrogens (tertiary/aromatic N) is 2. The van der Waals surface area contributed by atoms with Crippen LogP contribution in [0, 0.1) is 0 Å². The predicted octanol–water partition coefficient (Wildman–Crippen LogP) is 1.55. The van der Waals surface area contributed by atoms with Crippen molar-refractivity contribution in [2.45, 2.75) is 24.3 Å². The Kier molecular flexibility index (Phi) is 4.44. The van der Waals surface area contributed by atoms with Crippen LogP contribution in [0.25, 0.3) is 10.9 Å². The second-order valence-corrected chi connectivity index (χ2v) is 5.74. The van der Waals surface area contributed by atoms with E-state index in [2.05, 4.69) is 10.3 Å². The lowest BCUT2D eigenvalue weighted by Crippen LogP contribution is -2.31. The molecule has 1 unspecified atom stereocenters. The van der Waals surface area contributed by atoms with Crippen LogP contribution in [0.4, 0.5) is 0 Å². The summed E-state index contributed by atoms with van der Waals surface area (Å²) in [5.74, 6) is -0.0556. The molecule has 2 rings (SSSR count). The zero-order valence-corrected chi connectivity index (χ0v) is 12.5. The lowest BCUT2D eigenvalue weighted by Gasteiger charge is -2.13. The van der Waals surface area contributed by atoms with E-state index in [0.29, 0.717) is 22.6 Å². The summed E-state index contributed by atoms with van der Waals surface area (Å²) in [5, 5.41) is 3.60. The Hall–Kier alpha value is -1.82. The van der Waals surface area contributed by atoms with E-state index in [0.717, 1.165) is 0 Å². The summed E-state index contributed by atoms with van der Waals surface area (Å²) in [6, 6.07) is 7.22. The van der Waals surface area contributed by atoms with Gasteiger partial charge in [0.2, 0.25) is 5.91 Å². The predicted molar refractivity (Wildman–Crippen MR) is 81.0 cm³/mol. The fourth-order valence-corrected chi connectivity index (χ4v) is 2.73. The maximum absolute atomic E-state index is 12.2. The third kappa shape index (κ3) is 2.85. The van der Waals surface area contributed by atoms with E-state index >= 15 is 0 Å². The molecule has 0 radical (unpaired) electrons. The maximum atomic E-state index is 12.2. The highest BCUT2D eigenvalue weighted by Crippen LogP contribution is 2.21. The van der Waals surface area contributed by atoms with Crippen LogP contribution in [0.1, 0.15) is 13.8 Å². The molecule has 20 heavy (non-hydrogen) atoms. The number of rotatable bonds is 4. The average molecular weight is 291 g/mol. The van der Waals surface area contributed by atoms with Crippen LogP contribution in [0.15, 0.2) is 34.2 Å². The third-order valence-corrected chi connectivity index (χ3v) is 4.09. The van der Waals surface area contributed by atoms with Gasteiger partial charge < -0.3 is 5.32 Å². The van der Waals surface area contributed by atoms with Crippen LogP contribution < -0.4 is 10.9 Å². The van der Waals surface area contributed by atoms with E-state index in [9.17, 15) is 9.59 Å². The van der Waals surface area contributed by atoms with Crippen LogP contribution in [0.2, 0.25) is 0 Å². The van der Waals surface area contributed by atoms with E-state index in [1.165, 1.54) is 16.3 Å². The monoisotopic (exact) mass is 291 g/mol. The smallest absolute Gasteiger partial charge is 0.261 e. The van der Waals surface area contributed by atoms with Gasteiger partial charge in [0, 0.05) is 13.6 Å². The molecule has 1 atom stereocenters. The summed E-state index contributed by atoms with van der Waals surface area (Å²) in [7, 11) is 1.68. The van der Waals surface area contributed by atoms with Crippen molar-refractivity contribution in [2.75, 3.05) is 6.54 Å².